The molecule has 6 nitrogen and oxygen atoms in total. The smallest absolute Gasteiger partial charge is 0.390 e. The van der Waals surface area contributed by atoms with Gasteiger partial charge in [0.2, 0.25) is 0 Å². The predicted molar refractivity (Wildman–Crippen MR) is 62.2 cm³/mol. The molecule has 1 heterocycles. The van der Waals surface area contributed by atoms with Crippen LogP contribution in [0, 0.1) is 5.92 Å². The number of aliphatic carboxylic acids is 1. The maximum Gasteiger partial charge on any atom is 0.390 e. The Labute approximate surface area is 114 Å². The molecule has 2 amide bonds. The van der Waals surface area contributed by atoms with Crippen LogP contribution in [0.1, 0.15) is 6.42 Å². The van der Waals surface area contributed by atoms with Crippen molar-refractivity contribution in [2.45, 2.75) is 18.6 Å². The van der Waals surface area contributed by atoms with Crippen molar-refractivity contribution in [3.8, 4) is 0 Å². The lowest BCUT2D eigenvalue weighted by atomic mass is 10.0. The molecule has 1 aliphatic heterocycles. The molecule has 1 aliphatic rings. The highest BCUT2D eigenvalue weighted by Crippen LogP contribution is 2.22. The first-order valence-electron chi connectivity index (χ1n) is 5.98. The second-order valence-electron chi connectivity index (χ2n) is 4.73. The first-order valence-corrected chi connectivity index (χ1v) is 5.98. The van der Waals surface area contributed by atoms with Gasteiger partial charge in [-0.05, 0) is 0 Å². The molecule has 9 heteroatoms. The summed E-state index contributed by atoms with van der Waals surface area (Å²) in [6, 6.07) is -1.33. The van der Waals surface area contributed by atoms with Crippen molar-refractivity contribution < 1.29 is 32.6 Å². The zero-order valence-corrected chi connectivity index (χ0v) is 11.2. The van der Waals surface area contributed by atoms with Crippen LogP contribution in [0.5, 0.6) is 0 Å². The summed E-state index contributed by atoms with van der Waals surface area (Å²) >= 11 is 0. The number of hydrogen-bond donors (Lipinski definition) is 1. The molecule has 1 N–H and O–H groups in total. The van der Waals surface area contributed by atoms with Gasteiger partial charge in [-0.25, -0.2) is 4.79 Å². The standard InChI is InChI=1S/C11H17F3N2O4/c1-15(4-3-11(12,13)14)10(19)16(2)8-6-20-5-7(8)9(17)18/h7-8H,3-6H2,1-2H3,(H,17,18). The third kappa shape index (κ3) is 4.26. The van der Waals surface area contributed by atoms with Gasteiger partial charge < -0.3 is 19.6 Å². The highest BCUT2D eigenvalue weighted by Gasteiger charge is 2.39. The van der Waals surface area contributed by atoms with E-state index in [0.29, 0.717) is 0 Å². The largest absolute Gasteiger partial charge is 0.481 e. The monoisotopic (exact) mass is 298 g/mol. The molecular weight excluding hydrogens is 281 g/mol. The number of ether oxygens (including phenoxy) is 1. The van der Waals surface area contributed by atoms with E-state index in [1.807, 2.05) is 0 Å². The second kappa shape index (κ2) is 6.29. The highest BCUT2D eigenvalue weighted by atomic mass is 19.4. The van der Waals surface area contributed by atoms with Gasteiger partial charge in [-0.3, -0.25) is 4.79 Å². The Morgan fingerprint density at radius 2 is 1.90 bits per heavy atom. The molecule has 0 aliphatic carbocycles. The SMILES string of the molecule is CN(CCC(F)(F)F)C(=O)N(C)C1COCC1C(=O)O. The average Bonchev–Trinajstić information content (AvgIpc) is 2.82. The molecule has 0 bridgehead atoms. The number of hydrogen-bond acceptors (Lipinski definition) is 3. The number of likely N-dealkylation sites (N-methyl/N-ethyl adjacent to an activating group) is 1. The molecule has 116 valence electrons. The third-order valence-electron chi connectivity index (χ3n) is 3.22. The van der Waals surface area contributed by atoms with Crippen molar-refractivity contribution in [1.29, 1.82) is 0 Å². The number of carbonyl (C=O) groups excluding carboxylic acids is 1. The number of rotatable bonds is 4. The number of carboxylic acids is 1. The number of urea groups is 1. The average molecular weight is 298 g/mol. The van der Waals surface area contributed by atoms with Gasteiger partial charge in [0.05, 0.1) is 25.7 Å². The highest BCUT2D eigenvalue weighted by molar-refractivity contribution is 5.77. The van der Waals surface area contributed by atoms with Crippen LogP contribution in [-0.4, -0.2) is 73.0 Å². The Morgan fingerprint density at radius 3 is 2.40 bits per heavy atom. The summed E-state index contributed by atoms with van der Waals surface area (Å²) in [5.74, 6) is -1.95. The van der Waals surface area contributed by atoms with Crippen LogP contribution in [0.15, 0.2) is 0 Å². The van der Waals surface area contributed by atoms with E-state index >= 15 is 0 Å². The summed E-state index contributed by atoms with van der Waals surface area (Å²) in [6.07, 6.45) is -5.44. The summed E-state index contributed by atoms with van der Waals surface area (Å²) in [5, 5.41) is 8.98. The van der Waals surface area contributed by atoms with Crippen LogP contribution in [0.3, 0.4) is 0 Å². The van der Waals surface area contributed by atoms with E-state index in [1.54, 1.807) is 0 Å². The van der Waals surface area contributed by atoms with Gasteiger partial charge >= 0.3 is 18.2 Å². The lowest BCUT2D eigenvalue weighted by Crippen LogP contribution is -2.49. The third-order valence-corrected chi connectivity index (χ3v) is 3.22. The van der Waals surface area contributed by atoms with Gasteiger partial charge in [0, 0.05) is 20.6 Å². The first kappa shape index (κ1) is 16.5. The summed E-state index contributed by atoms with van der Waals surface area (Å²) in [4.78, 5) is 25.0. The van der Waals surface area contributed by atoms with Gasteiger partial charge in [-0.1, -0.05) is 0 Å². The minimum atomic E-state index is -4.34. The van der Waals surface area contributed by atoms with Crippen molar-refractivity contribution in [2.24, 2.45) is 5.92 Å². The van der Waals surface area contributed by atoms with E-state index in [1.165, 1.54) is 14.1 Å². The van der Waals surface area contributed by atoms with E-state index in [2.05, 4.69) is 0 Å². The summed E-state index contributed by atoms with van der Waals surface area (Å²) in [7, 11) is 2.61. The van der Waals surface area contributed by atoms with Gasteiger partial charge in [-0.2, -0.15) is 13.2 Å². The second-order valence-corrected chi connectivity index (χ2v) is 4.73. The van der Waals surface area contributed by atoms with Crippen LogP contribution < -0.4 is 0 Å². The quantitative estimate of drug-likeness (QED) is 0.841. The molecule has 0 aromatic carbocycles. The zero-order chi connectivity index (χ0) is 15.5. The molecule has 2 atom stereocenters. The summed E-state index contributed by atoms with van der Waals surface area (Å²) in [5.41, 5.74) is 0. The van der Waals surface area contributed by atoms with E-state index in [9.17, 15) is 22.8 Å². The molecule has 0 spiro atoms. The first-order chi connectivity index (χ1) is 9.13. The van der Waals surface area contributed by atoms with Gasteiger partial charge in [0.25, 0.3) is 0 Å². The Hall–Kier alpha value is -1.51. The maximum atomic E-state index is 12.1. The molecule has 1 saturated heterocycles. The van der Waals surface area contributed by atoms with Gasteiger partial charge in [0.1, 0.15) is 5.92 Å². The molecule has 1 rings (SSSR count). The van der Waals surface area contributed by atoms with Gasteiger partial charge in [0.15, 0.2) is 0 Å². The summed E-state index contributed by atoms with van der Waals surface area (Å²) < 4.78 is 41.3. The molecule has 0 aromatic rings. The van der Waals surface area contributed by atoms with Crippen LogP contribution in [0.2, 0.25) is 0 Å². The number of carbonyl (C=O) groups is 2. The Balaban J connectivity index is 2.59. The molecule has 1 fully saturated rings. The van der Waals surface area contributed by atoms with Crippen LogP contribution in [0.25, 0.3) is 0 Å². The lowest BCUT2D eigenvalue weighted by molar-refractivity contribution is -0.142. The minimum Gasteiger partial charge on any atom is -0.481 e. The molecule has 2 unspecified atom stereocenters. The van der Waals surface area contributed by atoms with E-state index in [-0.39, 0.29) is 13.2 Å². The van der Waals surface area contributed by atoms with Crippen LogP contribution >= 0.6 is 0 Å². The predicted octanol–water partition coefficient (Wildman–Crippen LogP) is 1.02. The normalized spacial score (nSPS) is 22.6. The number of halogens is 3. The molecular formula is C11H17F3N2O4. The number of amides is 2. The maximum absolute atomic E-state index is 12.1. The Morgan fingerprint density at radius 1 is 1.30 bits per heavy atom. The van der Waals surface area contributed by atoms with Crippen molar-refractivity contribution in [3.63, 3.8) is 0 Å². The molecule has 0 saturated carbocycles. The molecule has 20 heavy (non-hydrogen) atoms. The van der Waals surface area contributed by atoms with Crippen molar-refractivity contribution in [3.05, 3.63) is 0 Å². The van der Waals surface area contributed by atoms with Crippen LogP contribution in [0.4, 0.5) is 18.0 Å². The van der Waals surface area contributed by atoms with Crippen molar-refractivity contribution >= 4 is 12.0 Å². The van der Waals surface area contributed by atoms with Gasteiger partial charge in [-0.15, -0.1) is 0 Å². The fourth-order valence-corrected chi connectivity index (χ4v) is 1.96. The van der Waals surface area contributed by atoms with E-state index in [4.69, 9.17) is 9.84 Å². The number of nitrogens with zero attached hydrogens (tertiary/aromatic N) is 2. The number of carboxylic acid groups (broad SMARTS) is 1. The summed E-state index contributed by atoms with van der Waals surface area (Å²) in [6.45, 7) is -0.422. The lowest BCUT2D eigenvalue weighted by Gasteiger charge is -2.30. The van der Waals surface area contributed by atoms with E-state index in [0.717, 1.165) is 9.80 Å². The van der Waals surface area contributed by atoms with Crippen molar-refractivity contribution in [2.75, 3.05) is 33.9 Å². The Kier molecular flexibility index (Phi) is 5.21. The molecule has 0 aromatic heterocycles. The van der Waals surface area contributed by atoms with E-state index < -0.39 is 43.1 Å². The topological polar surface area (TPSA) is 70.1 Å². The minimum absolute atomic E-state index is 0.0100. The van der Waals surface area contributed by atoms with Crippen LogP contribution in [-0.2, 0) is 9.53 Å². The fourth-order valence-electron chi connectivity index (χ4n) is 1.96. The fraction of sp³-hybridized carbons (Fsp3) is 0.818. The number of alkyl halides is 3. The zero-order valence-electron chi connectivity index (χ0n) is 11.2. The molecule has 0 radical (unpaired) electrons. The Bertz CT molecular complexity index is 375. The van der Waals surface area contributed by atoms with Crippen molar-refractivity contribution in [1.82, 2.24) is 9.80 Å².